The van der Waals surface area contributed by atoms with E-state index in [0.29, 0.717) is 22.3 Å². The largest absolute Gasteiger partial charge is 0.478 e. The van der Waals surface area contributed by atoms with Crippen LogP contribution in [-0.2, 0) is 11.2 Å². The van der Waals surface area contributed by atoms with Crippen molar-refractivity contribution in [3.63, 3.8) is 0 Å². The first-order valence-corrected chi connectivity index (χ1v) is 8.76. The van der Waals surface area contributed by atoms with Gasteiger partial charge in [0.05, 0.1) is 0 Å². The summed E-state index contributed by atoms with van der Waals surface area (Å²) in [5.74, 6) is -1.12. The second kappa shape index (κ2) is 8.73. The molecule has 0 aliphatic heterocycles. The Morgan fingerprint density at radius 3 is 1.89 bits per heavy atom. The molecule has 0 unspecified atom stereocenters. The number of benzene rings is 3. The summed E-state index contributed by atoms with van der Waals surface area (Å²) in [5.41, 5.74) is 3.30. The van der Waals surface area contributed by atoms with Crippen LogP contribution in [0.25, 0.3) is 6.08 Å². The number of aliphatic carboxylic acids is 1. The van der Waals surface area contributed by atoms with Crippen molar-refractivity contribution >= 4 is 23.6 Å². The summed E-state index contributed by atoms with van der Waals surface area (Å²) in [7, 11) is 0. The third-order valence-corrected chi connectivity index (χ3v) is 4.27. The Morgan fingerprint density at radius 2 is 1.29 bits per heavy atom. The molecule has 0 radical (unpaired) electrons. The number of carboxylic acids is 1. The third-order valence-electron chi connectivity index (χ3n) is 4.27. The molecule has 3 aromatic rings. The van der Waals surface area contributed by atoms with Crippen molar-refractivity contribution in [2.75, 3.05) is 0 Å². The van der Waals surface area contributed by atoms with E-state index >= 15 is 0 Å². The molecular weight excluding hydrogens is 352 g/mol. The summed E-state index contributed by atoms with van der Waals surface area (Å²) in [6.45, 7) is 0. The van der Waals surface area contributed by atoms with E-state index in [4.69, 9.17) is 5.11 Å². The van der Waals surface area contributed by atoms with Crippen molar-refractivity contribution in [1.82, 2.24) is 0 Å². The van der Waals surface area contributed by atoms with E-state index in [1.54, 1.807) is 60.7 Å². The molecule has 0 saturated heterocycles. The smallest absolute Gasteiger partial charge is 0.328 e. The van der Waals surface area contributed by atoms with E-state index in [1.807, 2.05) is 18.2 Å². The average molecular weight is 370 g/mol. The number of hydrogen-bond acceptors (Lipinski definition) is 3. The first kappa shape index (κ1) is 19.0. The van der Waals surface area contributed by atoms with Crippen LogP contribution in [0.5, 0.6) is 0 Å². The summed E-state index contributed by atoms with van der Waals surface area (Å²) in [5, 5.41) is 8.64. The fourth-order valence-corrected chi connectivity index (χ4v) is 2.77. The van der Waals surface area contributed by atoms with Crippen LogP contribution in [0.4, 0.5) is 0 Å². The Kier molecular flexibility index (Phi) is 5.92. The van der Waals surface area contributed by atoms with Crippen LogP contribution < -0.4 is 0 Å². The lowest BCUT2D eigenvalue weighted by Gasteiger charge is -2.05. The van der Waals surface area contributed by atoms with Gasteiger partial charge in [0, 0.05) is 29.2 Å². The third kappa shape index (κ3) is 4.89. The molecule has 0 spiro atoms. The van der Waals surface area contributed by atoms with Gasteiger partial charge < -0.3 is 5.11 Å². The molecule has 3 aromatic carbocycles. The molecule has 0 bridgehead atoms. The van der Waals surface area contributed by atoms with Crippen molar-refractivity contribution in [3.8, 4) is 0 Å². The maximum atomic E-state index is 12.5. The van der Waals surface area contributed by atoms with Crippen molar-refractivity contribution in [2.45, 2.75) is 6.42 Å². The molecule has 0 atom stereocenters. The maximum absolute atomic E-state index is 12.5. The van der Waals surface area contributed by atoms with Crippen molar-refractivity contribution in [2.24, 2.45) is 0 Å². The van der Waals surface area contributed by atoms with Crippen LogP contribution >= 0.6 is 0 Å². The van der Waals surface area contributed by atoms with E-state index in [0.717, 1.165) is 11.6 Å². The van der Waals surface area contributed by atoms with Gasteiger partial charge in [-0.2, -0.15) is 0 Å². The lowest BCUT2D eigenvalue weighted by molar-refractivity contribution is -0.131. The summed E-state index contributed by atoms with van der Waals surface area (Å²) in [6, 6.07) is 22.9. The molecular formula is C24H18O4. The van der Waals surface area contributed by atoms with Crippen LogP contribution in [0.15, 0.2) is 84.9 Å². The van der Waals surface area contributed by atoms with E-state index in [-0.39, 0.29) is 18.0 Å². The number of Topliss-reactive ketones (excluding diaryl/α,β-unsaturated/α-hetero) is 1. The standard InChI is InChI=1S/C24H18O4/c25-22(19-11-6-17(7-12-19)10-15-23(26)27)16-18-8-13-21(14-9-18)24(28)20-4-2-1-3-5-20/h1-15H,16H2,(H,26,27)/b15-10+. The minimum atomic E-state index is -1.02. The van der Waals surface area contributed by atoms with Gasteiger partial charge in [-0.05, 0) is 17.2 Å². The second-order valence-corrected chi connectivity index (χ2v) is 6.29. The van der Waals surface area contributed by atoms with Gasteiger partial charge in [0.25, 0.3) is 0 Å². The molecule has 4 nitrogen and oxygen atoms in total. The zero-order valence-corrected chi connectivity index (χ0v) is 15.0. The van der Waals surface area contributed by atoms with Gasteiger partial charge in [-0.1, -0.05) is 78.9 Å². The van der Waals surface area contributed by atoms with Gasteiger partial charge in [0.15, 0.2) is 11.6 Å². The lowest BCUT2D eigenvalue weighted by Crippen LogP contribution is -2.05. The van der Waals surface area contributed by atoms with E-state index in [2.05, 4.69) is 0 Å². The zero-order valence-electron chi connectivity index (χ0n) is 15.0. The highest BCUT2D eigenvalue weighted by Gasteiger charge is 2.10. The van der Waals surface area contributed by atoms with Crippen molar-refractivity contribution < 1.29 is 19.5 Å². The Morgan fingerprint density at radius 1 is 0.714 bits per heavy atom. The number of carbonyl (C=O) groups excluding carboxylic acids is 2. The van der Waals surface area contributed by atoms with E-state index in [1.165, 1.54) is 6.08 Å². The highest BCUT2D eigenvalue weighted by atomic mass is 16.4. The van der Waals surface area contributed by atoms with E-state index in [9.17, 15) is 14.4 Å². The van der Waals surface area contributed by atoms with Gasteiger partial charge in [-0.15, -0.1) is 0 Å². The first-order chi connectivity index (χ1) is 13.5. The Labute approximate surface area is 162 Å². The molecule has 4 heteroatoms. The van der Waals surface area contributed by atoms with Gasteiger partial charge in [0.2, 0.25) is 0 Å². The molecule has 28 heavy (non-hydrogen) atoms. The van der Waals surface area contributed by atoms with Gasteiger partial charge in [-0.25, -0.2) is 4.79 Å². The predicted octanol–water partition coefficient (Wildman–Crippen LogP) is 4.44. The molecule has 0 aliphatic carbocycles. The summed E-state index contributed by atoms with van der Waals surface area (Å²) < 4.78 is 0. The van der Waals surface area contributed by atoms with Crippen LogP contribution in [0.2, 0.25) is 0 Å². The predicted molar refractivity (Wildman–Crippen MR) is 107 cm³/mol. The van der Waals surface area contributed by atoms with Gasteiger partial charge in [0.1, 0.15) is 0 Å². The average Bonchev–Trinajstić information content (AvgIpc) is 2.73. The fraction of sp³-hybridized carbons (Fsp3) is 0.0417. The first-order valence-electron chi connectivity index (χ1n) is 8.76. The zero-order chi connectivity index (χ0) is 19.9. The Balaban J connectivity index is 1.66. The number of ketones is 2. The lowest BCUT2D eigenvalue weighted by atomic mass is 9.98. The van der Waals surface area contributed by atoms with Crippen LogP contribution in [0.3, 0.4) is 0 Å². The molecule has 0 aromatic heterocycles. The number of carbonyl (C=O) groups is 3. The molecule has 0 saturated carbocycles. The maximum Gasteiger partial charge on any atom is 0.328 e. The minimum absolute atomic E-state index is 0.0455. The molecule has 138 valence electrons. The molecule has 0 fully saturated rings. The highest BCUT2D eigenvalue weighted by molar-refractivity contribution is 6.09. The SMILES string of the molecule is O=C(O)/C=C/c1ccc(C(=O)Cc2ccc(C(=O)c3ccccc3)cc2)cc1. The second-order valence-electron chi connectivity index (χ2n) is 6.29. The molecule has 3 rings (SSSR count). The fourth-order valence-electron chi connectivity index (χ4n) is 2.77. The minimum Gasteiger partial charge on any atom is -0.478 e. The highest BCUT2D eigenvalue weighted by Crippen LogP contribution is 2.14. The van der Waals surface area contributed by atoms with Crippen molar-refractivity contribution in [3.05, 3.63) is 113 Å². The van der Waals surface area contributed by atoms with Crippen LogP contribution in [0, 0.1) is 0 Å². The number of hydrogen-bond donors (Lipinski definition) is 1. The summed E-state index contributed by atoms with van der Waals surface area (Å²) >= 11 is 0. The molecule has 0 heterocycles. The Bertz CT molecular complexity index is 1010. The van der Waals surface area contributed by atoms with Crippen LogP contribution in [0.1, 0.15) is 37.4 Å². The van der Waals surface area contributed by atoms with Crippen molar-refractivity contribution in [1.29, 1.82) is 0 Å². The molecule has 1 N–H and O–H groups in total. The number of rotatable bonds is 7. The topological polar surface area (TPSA) is 71.4 Å². The van der Waals surface area contributed by atoms with Crippen LogP contribution in [-0.4, -0.2) is 22.6 Å². The van der Waals surface area contributed by atoms with Gasteiger partial charge in [-0.3, -0.25) is 9.59 Å². The summed E-state index contributed by atoms with van der Waals surface area (Å²) in [6.07, 6.45) is 2.75. The monoisotopic (exact) mass is 370 g/mol. The molecule has 0 aliphatic rings. The number of carboxylic acid groups (broad SMARTS) is 1. The molecule has 0 amide bonds. The quantitative estimate of drug-likeness (QED) is 0.493. The normalized spacial score (nSPS) is 10.7. The summed E-state index contributed by atoms with van der Waals surface area (Å²) in [4.78, 5) is 35.4. The van der Waals surface area contributed by atoms with E-state index < -0.39 is 5.97 Å². The Hall–Kier alpha value is -3.79. The van der Waals surface area contributed by atoms with Gasteiger partial charge >= 0.3 is 5.97 Å².